The fourth-order valence-electron chi connectivity index (χ4n) is 2.02. The minimum absolute atomic E-state index is 0.285. The highest BCUT2D eigenvalue weighted by Gasteiger charge is 2.11. The molecule has 22 heavy (non-hydrogen) atoms. The zero-order valence-electron chi connectivity index (χ0n) is 11.3. The lowest BCUT2D eigenvalue weighted by atomic mass is 10.2. The minimum Gasteiger partial charge on any atom is -0.319 e. The number of aromatic nitrogens is 1. The molecule has 0 aliphatic carbocycles. The van der Waals surface area contributed by atoms with Crippen LogP contribution in [0.4, 0.5) is 0 Å². The van der Waals surface area contributed by atoms with E-state index in [1.807, 2.05) is 23.7 Å². The molecule has 0 bridgehead atoms. The molecule has 112 valence electrons. The molecule has 0 fully saturated rings. The second-order valence-corrected chi connectivity index (χ2v) is 6.89. The highest BCUT2D eigenvalue weighted by molar-refractivity contribution is 7.16. The number of halogens is 3. The minimum atomic E-state index is -0.407. The van der Waals surface area contributed by atoms with Crippen molar-refractivity contribution >= 4 is 62.3 Å². The van der Waals surface area contributed by atoms with E-state index in [1.165, 1.54) is 17.4 Å². The lowest BCUT2D eigenvalue weighted by Crippen LogP contribution is -2.13. The van der Waals surface area contributed by atoms with Crippen LogP contribution < -0.4 is 4.80 Å². The molecule has 0 aliphatic rings. The fraction of sp³-hybridized carbons (Fsp3) is 0.0667. The van der Waals surface area contributed by atoms with Gasteiger partial charge in [-0.3, -0.25) is 4.79 Å². The highest BCUT2D eigenvalue weighted by Crippen LogP contribution is 2.23. The number of amides is 1. The molecule has 1 heterocycles. The molecule has 1 amide bonds. The van der Waals surface area contributed by atoms with Crippen LogP contribution in [0.2, 0.25) is 15.1 Å². The SMILES string of the molecule is Cn1c(=NC(=O)c2ccc(Cl)cc2Cl)sc2cc(Cl)ccc21. The first-order valence-electron chi connectivity index (χ1n) is 6.25. The van der Waals surface area contributed by atoms with Crippen LogP contribution in [0.15, 0.2) is 41.4 Å². The molecule has 0 aliphatic heterocycles. The van der Waals surface area contributed by atoms with Crippen molar-refractivity contribution in [1.82, 2.24) is 4.57 Å². The average molecular weight is 372 g/mol. The van der Waals surface area contributed by atoms with Gasteiger partial charge in [-0.05, 0) is 36.4 Å². The fourth-order valence-corrected chi connectivity index (χ4v) is 3.81. The molecule has 0 spiro atoms. The van der Waals surface area contributed by atoms with Crippen molar-refractivity contribution in [1.29, 1.82) is 0 Å². The maximum atomic E-state index is 12.3. The zero-order valence-corrected chi connectivity index (χ0v) is 14.4. The van der Waals surface area contributed by atoms with Crippen molar-refractivity contribution in [2.45, 2.75) is 0 Å². The molecule has 0 N–H and O–H groups in total. The number of carbonyl (C=O) groups is 1. The second kappa shape index (κ2) is 6.05. The van der Waals surface area contributed by atoms with Crippen molar-refractivity contribution < 1.29 is 4.79 Å². The summed E-state index contributed by atoms with van der Waals surface area (Å²) in [7, 11) is 1.85. The van der Waals surface area contributed by atoms with Gasteiger partial charge in [0.15, 0.2) is 4.80 Å². The van der Waals surface area contributed by atoms with Gasteiger partial charge >= 0.3 is 0 Å². The van der Waals surface area contributed by atoms with Gasteiger partial charge in [0, 0.05) is 17.1 Å². The van der Waals surface area contributed by atoms with Crippen molar-refractivity contribution in [3.63, 3.8) is 0 Å². The lowest BCUT2D eigenvalue weighted by Gasteiger charge is -1.99. The van der Waals surface area contributed by atoms with Crippen LogP contribution in [0.1, 0.15) is 10.4 Å². The third-order valence-corrected chi connectivity index (χ3v) is 5.01. The second-order valence-electron chi connectivity index (χ2n) is 4.60. The maximum Gasteiger partial charge on any atom is 0.281 e. The molecule has 3 nitrogen and oxygen atoms in total. The summed E-state index contributed by atoms with van der Waals surface area (Å²) in [5.41, 5.74) is 1.28. The summed E-state index contributed by atoms with van der Waals surface area (Å²) in [6, 6.07) is 10.3. The molecule has 0 radical (unpaired) electrons. The number of nitrogens with zero attached hydrogens (tertiary/aromatic N) is 2. The molecule has 1 aromatic heterocycles. The van der Waals surface area contributed by atoms with Crippen LogP contribution in [-0.2, 0) is 7.05 Å². The van der Waals surface area contributed by atoms with Gasteiger partial charge in [-0.25, -0.2) is 0 Å². The molecule has 7 heteroatoms. The monoisotopic (exact) mass is 370 g/mol. The van der Waals surface area contributed by atoms with E-state index in [0.29, 0.717) is 20.4 Å². The molecule has 0 saturated carbocycles. The first-order chi connectivity index (χ1) is 10.5. The van der Waals surface area contributed by atoms with E-state index in [2.05, 4.69) is 4.99 Å². The summed E-state index contributed by atoms with van der Waals surface area (Å²) in [5.74, 6) is -0.407. The van der Waals surface area contributed by atoms with Crippen molar-refractivity contribution in [2.75, 3.05) is 0 Å². The molecule has 0 unspecified atom stereocenters. The summed E-state index contributed by atoms with van der Waals surface area (Å²) in [5, 5.41) is 1.41. The van der Waals surface area contributed by atoms with E-state index >= 15 is 0 Å². The molecule has 3 rings (SSSR count). The number of hydrogen-bond acceptors (Lipinski definition) is 2. The van der Waals surface area contributed by atoms with Gasteiger partial charge in [0.25, 0.3) is 5.91 Å². The predicted molar refractivity (Wildman–Crippen MR) is 92.2 cm³/mol. The summed E-state index contributed by atoms with van der Waals surface area (Å²) in [6.45, 7) is 0. The maximum absolute atomic E-state index is 12.3. The van der Waals surface area contributed by atoms with Gasteiger partial charge in [0.2, 0.25) is 0 Å². The Hall–Kier alpha value is -1.33. The Morgan fingerprint density at radius 1 is 1.09 bits per heavy atom. The van der Waals surface area contributed by atoms with E-state index in [9.17, 15) is 4.79 Å². The quantitative estimate of drug-likeness (QED) is 0.596. The summed E-state index contributed by atoms with van der Waals surface area (Å²) in [6.07, 6.45) is 0. The third kappa shape index (κ3) is 2.92. The average Bonchev–Trinajstić information content (AvgIpc) is 2.74. The van der Waals surface area contributed by atoms with Crippen LogP contribution in [0.25, 0.3) is 10.2 Å². The Labute approximate surface area is 145 Å². The molecule has 3 aromatic rings. The summed E-state index contributed by atoms with van der Waals surface area (Å²) >= 11 is 19.3. The van der Waals surface area contributed by atoms with Gasteiger partial charge in [-0.15, -0.1) is 0 Å². The van der Waals surface area contributed by atoms with Crippen molar-refractivity contribution in [3.8, 4) is 0 Å². The topological polar surface area (TPSA) is 34.4 Å². The Bertz CT molecular complexity index is 959. The van der Waals surface area contributed by atoms with Crippen LogP contribution in [0.5, 0.6) is 0 Å². The van der Waals surface area contributed by atoms with E-state index in [4.69, 9.17) is 34.8 Å². The van der Waals surface area contributed by atoms with Gasteiger partial charge in [-0.2, -0.15) is 4.99 Å². The molecule has 0 saturated heterocycles. The third-order valence-electron chi connectivity index (χ3n) is 3.13. The van der Waals surface area contributed by atoms with E-state index in [0.717, 1.165) is 10.2 Å². The molecule has 2 aromatic carbocycles. The van der Waals surface area contributed by atoms with Crippen LogP contribution in [0, 0.1) is 0 Å². The largest absolute Gasteiger partial charge is 0.319 e. The number of carbonyl (C=O) groups excluding carboxylic acids is 1. The Balaban J connectivity index is 2.12. The highest BCUT2D eigenvalue weighted by atomic mass is 35.5. The Kier molecular flexibility index (Phi) is 4.28. The number of fused-ring (bicyclic) bond motifs is 1. The van der Waals surface area contributed by atoms with E-state index in [1.54, 1.807) is 18.2 Å². The molecule has 0 atom stereocenters. The van der Waals surface area contributed by atoms with Crippen LogP contribution >= 0.6 is 46.1 Å². The van der Waals surface area contributed by atoms with Crippen molar-refractivity contribution in [2.24, 2.45) is 12.0 Å². The van der Waals surface area contributed by atoms with Crippen LogP contribution in [0.3, 0.4) is 0 Å². The van der Waals surface area contributed by atoms with Gasteiger partial charge in [0.05, 0.1) is 20.8 Å². The standard InChI is InChI=1S/C15H9Cl3N2OS/c1-20-12-5-3-9(17)7-13(12)22-15(20)19-14(21)10-4-2-8(16)6-11(10)18/h2-7H,1H3. The molecular weight excluding hydrogens is 363 g/mol. The molecular formula is C15H9Cl3N2OS. The van der Waals surface area contributed by atoms with Gasteiger partial charge in [0.1, 0.15) is 0 Å². The first kappa shape index (κ1) is 15.6. The van der Waals surface area contributed by atoms with Gasteiger partial charge in [-0.1, -0.05) is 46.1 Å². The van der Waals surface area contributed by atoms with Gasteiger partial charge < -0.3 is 4.57 Å². The normalized spacial score (nSPS) is 12.1. The zero-order chi connectivity index (χ0) is 15.9. The smallest absolute Gasteiger partial charge is 0.281 e. The Morgan fingerprint density at radius 2 is 1.77 bits per heavy atom. The predicted octanol–water partition coefficient (Wildman–Crippen LogP) is 4.94. The van der Waals surface area contributed by atoms with Crippen molar-refractivity contribution in [3.05, 3.63) is 61.8 Å². The number of hydrogen-bond donors (Lipinski definition) is 0. The number of rotatable bonds is 1. The summed E-state index contributed by atoms with van der Waals surface area (Å²) < 4.78 is 2.81. The van der Waals surface area contributed by atoms with Crippen LogP contribution in [-0.4, -0.2) is 10.5 Å². The summed E-state index contributed by atoms with van der Waals surface area (Å²) in [4.78, 5) is 17.1. The number of benzene rings is 2. The Morgan fingerprint density at radius 3 is 2.50 bits per heavy atom. The number of thiazole rings is 1. The van der Waals surface area contributed by atoms with E-state index < -0.39 is 5.91 Å². The number of aryl methyl sites for hydroxylation is 1. The first-order valence-corrected chi connectivity index (χ1v) is 8.20. The lowest BCUT2D eigenvalue weighted by molar-refractivity contribution is 0.0998. The van der Waals surface area contributed by atoms with E-state index in [-0.39, 0.29) is 5.02 Å².